The van der Waals surface area contributed by atoms with Crippen molar-refractivity contribution in [3.63, 3.8) is 0 Å². The number of urea groups is 2. The SMILES string of the molecule is O=C1NC(c2nnc([C@@H]3CC4(CC4)[C@@H]4CN3C(=O)N4OS(=O)(=O)ON3C(=O)N4C[C@H]3C3(CC3)C[C@H]4c3nnc(C4COC(=O)N4)o3)o2)CO1. The highest BCUT2D eigenvalue weighted by Gasteiger charge is 2.67. The van der Waals surface area contributed by atoms with Crippen LogP contribution in [0.15, 0.2) is 8.83 Å². The van der Waals surface area contributed by atoms with Gasteiger partial charge in [0.25, 0.3) is 0 Å². The number of piperidine rings is 2. The maximum atomic E-state index is 13.7. The molecule has 2 saturated carbocycles. The summed E-state index contributed by atoms with van der Waals surface area (Å²) in [6.07, 6.45) is 2.51. The van der Waals surface area contributed by atoms with Gasteiger partial charge < -0.3 is 38.7 Å². The van der Waals surface area contributed by atoms with E-state index in [4.69, 9.17) is 26.9 Å². The molecule has 0 aromatic carbocycles. The first-order chi connectivity index (χ1) is 23.5. The molecule has 6 amide bonds. The van der Waals surface area contributed by atoms with Crippen molar-refractivity contribution in [3.05, 3.63) is 23.6 Å². The van der Waals surface area contributed by atoms with Gasteiger partial charge in [0.2, 0.25) is 23.6 Å². The van der Waals surface area contributed by atoms with Crippen molar-refractivity contribution in [2.24, 2.45) is 10.8 Å². The standard InChI is InChI=1S/C26H28N10O12S/c37-21-27-11(9-43-21)17-29-31-19(45-17)13-5-25(1-2-25)15-7-33(13)23(39)35(15)47-49(41,42)48-36-16-8-34(24(36)40)14(6-26(16)3-4-26)20-32-30-18(46-20)12-10-44-22(38)28-12/h11-16H,1-10H2,(H,27,37)(H,28,38)/t11?,12?,13-,14-,15-,16-/m0/s1. The zero-order chi connectivity index (χ0) is 33.4. The minimum Gasteiger partial charge on any atom is -0.447 e. The fourth-order valence-electron chi connectivity index (χ4n) is 8.16. The number of aromatic nitrogens is 4. The summed E-state index contributed by atoms with van der Waals surface area (Å²) in [6, 6.07) is -5.19. The van der Waals surface area contributed by atoms with E-state index in [1.54, 1.807) is 0 Å². The lowest BCUT2D eigenvalue weighted by Crippen LogP contribution is -2.45. The van der Waals surface area contributed by atoms with Gasteiger partial charge in [0, 0.05) is 13.1 Å². The normalized spacial score (nSPS) is 33.4. The average Bonchev–Trinajstić information content (AvgIpc) is 3.52. The minimum atomic E-state index is -4.98. The second-order valence-electron chi connectivity index (χ2n) is 13.8. The molecule has 8 fully saturated rings. The third-order valence-electron chi connectivity index (χ3n) is 11.1. The maximum absolute atomic E-state index is 13.7. The Kier molecular flexibility index (Phi) is 5.76. The number of nitrogens with one attached hydrogen (secondary N) is 2. The predicted molar refractivity (Wildman–Crippen MR) is 148 cm³/mol. The van der Waals surface area contributed by atoms with E-state index >= 15 is 0 Å². The molecule has 49 heavy (non-hydrogen) atoms. The molecule has 8 heterocycles. The molecule has 260 valence electrons. The van der Waals surface area contributed by atoms with Crippen LogP contribution in [-0.2, 0) is 28.4 Å². The maximum Gasteiger partial charge on any atom is 0.442 e. The summed E-state index contributed by atoms with van der Waals surface area (Å²) in [5.74, 6) is 0.565. The summed E-state index contributed by atoms with van der Waals surface area (Å²) in [5, 5.41) is 23.1. The highest BCUT2D eigenvalue weighted by atomic mass is 32.3. The number of rotatable bonds is 8. The lowest BCUT2D eigenvalue weighted by Gasteiger charge is -2.35. The van der Waals surface area contributed by atoms with Crippen LogP contribution >= 0.6 is 0 Å². The quantitative estimate of drug-likeness (QED) is 0.379. The Balaban J connectivity index is 0.858. The van der Waals surface area contributed by atoms with Crippen LogP contribution < -0.4 is 10.6 Å². The molecule has 6 atom stereocenters. The number of hydroxylamine groups is 4. The largest absolute Gasteiger partial charge is 0.447 e. The van der Waals surface area contributed by atoms with Gasteiger partial charge in [-0.3, -0.25) is 0 Å². The number of carbonyl (C=O) groups excluding carboxylic acids is 4. The molecule has 2 aromatic rings. The van der Waals surface area contributed by atoms with Crippen LogP contribution in [0.2, 0.25) is 0 Å². The fraction of sp³-hybridized carbons (Fsp3) is 0.692. The van der Waals surface area contributed by atoms with E-state index in [1.807, 2.05) is 0 Å². The zero-order valence-corrected chi connectivity index (χ0v) is 26.2. The van der Waals surface area contributed by atoms with Crippen molar-refractivity contribution >= 4 is 34.6 Å². The number of fused-ring (bicyclic) bond motifs is 6. The number of alkyl carbamates (subject to hydrolysis) is 2. The molecule has 6 aliphatic heterocycles. The first kappa shape index (κ1) is 29.2. The van der Waals surface area contributed by atoms with Gasteiger partial charge in [-0.2, -0.15) is 18.5 Å². The number of hydrogen-bond donors (Lipinski definition) is 2. The highest BCUT2D eigenvalue weighted by Crippen LogP contribution is 2.63. The van der Waals surface area contributed by atoms with Gasteiger partial charge >= 0.3 is 34.6 Å². The van der Waals surface area contributed by atoms with Crippen LogP contribution in [-0.4, -0.2) is 111 Å². The van der Waals surface area contributed by atoms with E-state index in [1.165, 1.54) is 9.80 Å². The summed E-state index contributed by atoms with van der Waals surface area (Å²) in [5.41, 5.74) is -0.898. The molecule has 4 bridgehead atoms. The van der Waals surface area contributed by atoms with Gasteiger partial charge in [-0.25, -0.2) is 19.2 Å². The van der Waals surface area contributed by atoms with E-state index < -0.39 is 81.7 Å². The van der Waals surface area contributed by atoms with Crippen molar-refractivity contribution in [1.29, 1.82) is 0 Å². The molecule has 10 rings (SSSR count). The van der Waals surface area contributed by atoms with E-state index in [0.717, 1.165) is 10.1 Å². The van der Waals surface area contributed by atoms with Crippen LogP contribution in [0.3, 0.4) is 0 Å². The number of hydrogen-bond acceptors (Lipinski definition) is 16. The molecule has 8 aliphatic rings. The average molecular weight is 705 g/mol. The molecule has 2 spiro atoms. The van der Waals surface area contributed by atoms with Gasteiger partial charge in [0.05, 0.1) is 12.1 Å². The molecule has 2 unspecified atom stereocenters. The topological polar surface area (TPSA) is 254 Å². The monoisotopic (exact) mass is 704 g/mol. The predicted octanol–water partition coefficient (Wildman–Crippen LogP) is 0.485. The van der Waals surface area contributed by atoms with Crippen molar-refractivity contribution in [2.45, 2.75) is 74.8 Å². The Labute approximate surface area is 275 Å². The van der Waals surface area contributed by atoms with Gasteiger partial charge in [0.1, 0.15) is 37.4 Å². The Morgan fingerprint density at radius 1 is 0.653 bits per heavy atom. The van der Waals surface area contributed by atoms with Crippen molar-refractivity contribution in [2.75, 3.05) is 26.3 Å². The summed E-state index contributed by atoms with van der Waals surface area (Å²) in [7, 11) is -4.98. The van der Waals surface area contributed by atoms with Crippen molar-refractivity contribution in [1.82, 2.24) is 51.0 Å². The first-order valence-electron chi connectivity index (χ1n) is 15.9. The van der Waals surface area contributed by atoms with Crippen LogP contribution in [0.4, 0.5) is 19.2 Å². The van der Waals surface area contributed by atoms with Crippen LogP contribution in [0, 0.1) is 10.8 Å². The Morgan fingerprint density at radius 3 is 1.43 bits per heavy atom. The summed E-state index contributed by atoms with van der Waals surface area (Å²) in [4.78, 5) is 53.1. The second-order valence-corrected chi connectivity index (χ2v) is 14.9. The zero-order valence-electron chi connectivity index (χ0n) is 25.4. The van der Waals surface area contributed by atoms with Gasteiger partial charge in [0.15, 0.2) is 0 Å². The smallest absolute Gasteiger partial charge is 0.442 e. The number of carbonyl (C=O) groups is 4. The molecule has 2 aliphatic carbocycles. The van der Waals surface area contributed by atoms with Gasteiger partial charge in [-0.15, -0.1) is 29.0 Å². The van der Waals surface area contributed by atoms with E-state index in [2.05, 4.69) is 31.0 Å². The summed E-state index contributed by atoms with van der Waals surface area (Å²) < 4.78 is 59.2. The summed E-state index contributed by atoms with van der Waals surface area (Å²) >= 11 is 0. The number of cyclic esters (lactones) is 2. The molecule has 2 N–H and O–H groups in total. The molecule has 22 nitrogen and oxygen atoms in total. The Morgan fingerprint density at radius 2 is 1.06 bits per heavy atom. The molecular formula is C26H28N10O12S. The van der Waals surface area contributed by atoms with Crippen LogP contribution in [0.5, 0.6) is 0 Å². The number of amides is 6. The Bertz CT molecular complexity index is 1780. The molecular weight excluding hydrogens is 676 g/mol. The van der Waals surface area contributed by atoms with Crippen LogP contribution in [0.25, 0.3) is 0 Å². The number of nitrogens with zero attached hydrogens (tertiary/aromatic N) is 8. The molecule has 0 radical (unpaired) electrons. The van der Waals surface area contributed by atoms with Crippen molar-refractivity contribution < 1.29 is 54.5 Å². The van der Waals surface area contributed by atoms with Gasteiger partial charge in [-0.05, 0) is 49.4 Å². The lowest BCUT2D eigenvalue weighted by atomic mass is 9.85. The highest BCUT2D eigenvalue weighted by molar-refractivity contribution is 7.81. The van der Waals surface area contributed by atoms with E-state index in [9.17, 15) is 27.6 Å². The molecule has 23 heteroatoms. The second kappa shape index (κ2) is 9.68. The fourth-order valence-corrected chi connectivity index (χ4v) is 8.92. The molecule has 2 aromatic heterocycles. The van der Waals surface area contributed by atoms with E-state index in [0.29, 0.717) is 38.5 Å². The minimum absolute atomic E-state index is 0.0220. The van der Waals surface area contributed by atoms with Crippen LogP contribution in [0.1, 0.15) is 86.3 Å². The number of ether oxygens (including phenoxy) is 2. The Hall–Kier alpha value is -4.77. The third kappa shape index (κ3) is 4.40. The molecule has 6 saturated heterocycles. The van der Waals surface area contributed by atoms with Crippen molar-refractivity contribution in [3.8, 4) is 0 Å². The van der Waals surface area contributed by atoms with E-state index in [-0.39, 0.29) is 49.9 Å². The third-order valence-corrected chi connectivity index (χ3v) is 11.8. The van der Waals surface area contributed by atoms with Gasteiger partial charge in [-0.1, -0.05) is 0 Å². The lowest BCUT2D eigenvalue weighted by molar-refractivity contribution is -0.101. The first-order valence-corrected chi connectivity index (χ1v) is 17.2. The summed E-state index contributed by atoms with van der Waals surface area (Å²) in [6.45, 7) is 0.335.